The average molecular weight is 814 g/mol. The lowest BCUT2D eigenvalue weighted by Crippen LogP contribution is -2.60. The Kier molecular flexibility index (Phi) is 35.5. The van der Waals surface area contributed by atoms with Gasteiger partial charge in [-0.3, -0.25) is 4.79 Å². The maximum Gasteiger partial charge on any atom is 0.220 e. The van der Waals surface area contributed by atoms with Gasteiger partial charge >= 0.3 is 0 Å². The summed E-state index contributed by atoms with van der Waals surface area (Å²) in [4.78, 5) is 12.9. The number of unbranched alkanes of at least 4 members (excludes halogenated alkanes) is 12. The average Bonchev–Trinajstić information content (AvgIpc) is 3.22. The minimum Gasteiger partial charge on any atom is -0.394 e. The molecule has 58 heavy (non-hydrogen) atoms. The number of rotatable bonds is 36. The third kappa shape index (κ3) is 28.7. The lowest BCUT2D eigenvalue weighted by Gasteiger charge is -2.40. The smallest absolute Gasteiger partial charge is 0.220 e. The van der Waals surface area contributed by atoms with Crippen LogP contribution < -0.4 is 5.32 Å². The second-order valence-corrected chi connectivity index (χ2v) is 15.5. The van der Waals surface area contributed by atoms with Crippen LogP contribution in [0.1, 0.15) is 162 Å². The summed E-state index contributed by atoms with van der Waals surface area (Å²) in [5.74, 6) is -0.166. The van der Waals surface area contributed by atoms with Crippen molar-refractivity contribution >= 4 is 5.91 Å². The molecule has 1 amide bonds. The highest BCUT2D eigenvalue weighted by molar-refractivity contribution is 5.76. The number of ether oxygens (including phenoxy) is 2. The summed E-state index contributed by atoms with van der Waals surface area (Å²) in [6.07, 6.45) is 46.3. The molecule has 0 spiro atoms. The topological polar surface area (TPSA) is 149 Å². The number of nitrogens with one attached hydrogen (secondary N) is 1. The fourth-order valence-corrected chi connectivity index (χ4v) is 6.61. The van der Waals surface area contributed by atoms with Gasteiger partial charge in [0, 0.05) is 6.42 Å². The minimum atomic E-state index is -1.56. The van der Waals surface area contributed by atoms with E-state index in [1.165, 1.54) is 25.7 Å². The van der Waals surface area contributed by atoms with Crippen molar-refractivity contribution in [3.8, 4) is 0 Å². The number of aliphatic hydroxyl groups excluding tert-OH is 5. The Morgan fingerprint density at radius 3 is 1.59 bits per heavy atom. The monoisotopic (exact) mass is 814 g/mol. The Labute approximate surface area is 352 Å². The summed E-state index contributed by atoms with van der Waals surface area (Å²) in [5, 5.41) is 53.9. The van der Waals surface area contributed by atoms with Crippen molar-refractivity contribution in [2.24, 2.45) is 0 Å². The van der Waals surface area contributed by atoms with E-state index in [0.29, 0.717) is 12.8 Å². The van der Waals surface area contributed by atoms with E-state index in [-0.39, 0.29) is 12.5 Å². The van der Waals surface area contributed by atoms with E-state index in [1.54, 1.807) is 0 Å². The summed E-state index contributed by atoms with van der Waals surface area (Å²) in [7, 11) is 0. The van der Waals surface area contributed by atoms with Gasteiger partial charge in [0.05, 0.1) is 25.4 Å². The molecule has 0 aromatic carbocycles. The van der Waals surface area contributed by atoms with Gasteiger partial charge in [0.2, 0.25) is 5.91 Å². The third-order valence-electron chi connectivity index (χ3n) is 10.3. The molecule has 0 aromatic rings. The molecule has 0 radical (unpaired) electrons. The zero-order chi connectivity index (χ0) is 42.3. The Bertz CT molecular complexity index is 1180. The van der Waals surface area contributed by atoms with Crippen molar-refractivity contribution in [1.82, 2.24) is 5.32 Å². The van der Waals surface area contributed by atoms with Crippen LogP contribution in [-0.4, -0.2) is 87.5 Å². The van der Waals surface area contributed by atoms with Crippen molar-refractivity contribution in [1.29, 1.82) is 0 Å². The maximum absolute atomic E-state index is 12.9. The Balaban J connectivity index is 2.18. The molecule has 1 aliphatic rings. The van der Waals surface area contributed by atoms with Crippen LogP contribution in [0.15, 0.2) is 85.1 Å². The van der Waals surface area contributed by atoms with Gasteiger partial charge < -0.3 is 40.3 Å². The predicted molar refractivity (Wildman–Crippen MR) is 239 cm³/mol. The molecule has 1 saturated heterocycles. The zero-order valence-corrected chi connectivity index (χ0v) is 36.3. The first kappa shape index (κ1) is 53.4. The van der Waals surface area contributed by atoms with E-state index < -0.39 is 49.5 Å². The molecule has 9 nitrogen and oxygen atoms in total. The van der Waals surface area contributed by atoms with E-state index in [0.717, 1.165) is 109 Å². The highest BCUT2D eigenvalue weighted by atomic mass is 16.7. The quantitative estimate of drug-likeness (QED) is 0.0271. The number of allylic oxidation sites excluding steroid dienone is 14. The Morgan fingerprint density at radius 2 is 1.07 bits per heavy atom. The van der Waals surface area contributed by atoms with Gasteiger partial charge in [-0.1, -0.05) is 170 Å². The van der Waals surface area contributed by atoms with E-state index in [2.05, 4.69) is 104 Å². The number of aliphatic hydroxyl groups is 5. The highest BCUT2D eigenvalue weighted by Gasteiger charge is 2.44. The molecule has 7 unspecified atom stereocenters. The van der Waals surface area contributed by atoms with Gasteiger partial charge in [-0.2, -0.15) is 0 Å². The first-order valence-corrected chi connectivity index (χ1v) is 22.8. The molecular formula is C49H83NO8. The van der Waals surface area contributed by atoms with Gasteiger partial charge in [0.15, 0.2) is 6.29 Å². The second-order valence-electron chi connectivity index (χ2n) is 15.5. The summed E-state index contributed by atoms with van der Waals surface area (Å²) in [5.41, 5.74) is 0. The second kappa shape index (κ2) is 38.6. The number of carbonyl (C=O) groups excluding carboxylic acids is 1. The molecule has 6 N–H and O–H groups in total. The zero-order valence-electron chi connectivity index (χ0n) is 36.3. The number of hydrogen-bond acceptors (Lipinski definition) is 8. The van der Waals surface area contributed by atoms with E-state index in [4.69, 9.17) is 9.47 Å². The van der Waals surface area contributed by atoms with E-state index >= 15 is 0 Å². The molecule has 1 rings (SSSR count). The summed E-state index contributed by atoms with van der Waals surface area (Å²) in [6.45, 7) is 3.62. The van der Waals surface area contributed by atoms with Crippen LogP contribution >= 0.6 is 0 Å². The molecule has 0 aliphatic carbocycles. The highest BCUT2D eigenvalue weighted by Crippen LogP contribution is 2.23. The van der Waals surface area contributed by atoms with Crippen LogP contribution in [0.2, 0.25) is 0 Å². The summed E-state index contributed by atoms with van der Waals surface area (Å²) < 4.78 is 11.2. The van der Waals surface area contributed by atoms with Crippen molar-refractivity contribution < 1.29 is 39.8 Å². The maximum atomic E-state index is 12.9. The molecule has 1 heterocycles. The molecule has 0 saturated carbocycles. The SMILES string of the molecule is CC/C=C\C/C=C\C/C=C\C/C=C\C/C=C\C/C=C\C/C=C\CCCCCCCCCC(=O)NC(COC1OC(CO)C(O)C(O)C1O)C(O)CCCCCCCC. The third-order valence-corrected chi connectivity index (χ3v) is 10.3. The van der Waals surface area contributed by atoms with Crippen LogP contribution in [-0.2, 0) is 14.3 Å². The fraction of sp³-hybridized carbons (Fsp3) is 0.694. The number of carbonyl (C=O) groups is 1. The van der Waals surface area contributed by atoms with Gasteiger partial charge in [0.1, 0.15) is 24.4 Å². The molecule has 1 fully saturated rings. The molecule has 0 aromatic heterocycles. The van der Waals surface area contributed by atoms with Crippen molar-refractivity contribution in [3.63, 3.8) is 0 Å². The summed E-state index contributed by atoms with van der Waals surface area (Å²) in [6, 6.07) is -0.727. The predicted octanol–water partition coefficient (Wildman–Crippen LogP) is 9.55. The van der Waals surface area contributed by atoms with Crippen molar-refractivity contribution in [3.05, 3.63) is 85.1 Å². The van der Waals surface area contributed by atoms with Crippen LogP contribution in [0.5, 0.6) is 0 Å². The Morgan fingerprint density at radius 1 is 0.603 bits per heavy atom. The van der Waals surface area contributed by atoms with Crippen LogP contribution in [0.4, 0.5) is 0 Å². The van der Waals surface area contributed by atoms with Gasteiger partial charge in [0.25, 0.3) is 0 Å². The van der Waals surface area contributed by atoms with Gasteiger partial charge in [-0.25, -0.2) is 0 Å². The first-order chi connectivity index (χ1) is 28.3. The fourth-order valence-electron chi connectivity index (χ4n) is 6.61. The largest absolute Gasteiger partial charge is 0.394 e. The standard InChI is InChI=1S/C49H83NO8/c1-3-5-7-9-11-12-13-14-15-16-17-18-19-20-21-22-23-24-25-26-27-28-29-30-31-32-33-35-37-39-45(53)50-42(43(52)38-36-34-10-8-6-4-2)41-57-49-48(56)47(55)46(54)44(40-51)58-49/h5,7,11-12,14-15,17-18,20-21,23-24,26-27,42-44,46-49,51-52,54-56H,3-4,6,8-10,13,16,19,22,25,28-41H2,1-2H3,(H,50,53)/b7-5-,12-11-,15-14-,18-17-,21-20-,24-23-,27-26-. The van der Waals surface area contributed by atoms with Crippen LogP contribution in [0, 0.1) is 0 Å². The van der Waals surface area contributed by atoms with Gasteiger partial charge in [-0.05, 0) is 70.6 Å². The molecule has 1 aliphatic heterocycles. The number of hydrogen-bond donors (Lipinski definition) is 6. The van der Waals surface area contributed by atoms with E-state index in [1.807, 2.05) is 0 Å². The van der Waals surface area contributed by atoms with Crippen LogP contribution in [0.25, 0.3) is 0 Å². The summed E-state index contributed by atoms with van der Waals surface area (Å²) >= 11 is 0. The Hall–Kier alpha value is -2.63. The minimum absolute atomic E-state index is 0.150. The molecule has 7 atom stereocenters. The lowest BCUT2D eigenvalue weighted by atomic mass is 9.99. The molecule has 9 heteroatoms. The van der Waals surface area contributed by atoms with Crippen LogP contribution in [0.3, 0.4) is 0 Å². The van der Waals surface area contributed by atoms with Crippen molar-refractivity contribution in [2.75, 3.05) is 13.2 Å². The normalized spacial score (nSPS) is 21.7. The molecule has 332 valence electrons. The molecular weight excluding hydrogens is 731 g/mol. The van der Waals surface area contributed by atoms with Gasteiger partial charge in [-0.15, -0.1) is 0 Å². The molecule has 0 bridgehead atoms. The van der Waals surface area contributed by atoms with Crippen molar-refractivity contribution in [2.45, 2.75) is 204 Å². The number of amides is 1. The lowest BCUT2D eigenvalue weighted by molar-refractivity contribution is -0.302. The van der Waals surface area contributed by atoms with E-state index in [9.17, 15) is 30.3 Å². The first-order valence-electron chi connectivity index (χ1n) is 22.8.